The van der Waals surface area contributed by atoms with E-state index in [1.54, 1.807) is 13.8 Å². The normalized spacial score (nSPS) is 11.1. The van der Waals surface area contributed by atoms with Crippen LogP contribution < -0.4 is 10.1 Å². The Balaban J connectivity index is 2.64. The molecule has 0 fully saturated rings. The number of rotatable bonds is 6. The first-order valence-electron chi connectivity index (χ1n) is 6.84. The van der Waals surface area contributed by atoms with E-state index in [0.717, 1.165) is 16.7 Å². The molecule has 0 aromatic heterocycles. The van der Waals surface area contributed by atoms with Gasteiger partial charge in [0, 0.05) is 5.54 Å². The van der Waals surface area contributed by atoms with Gasteiger partial charge in [0.1, 0.15) is 5.75 Å². The van der Waals surface area contributed by atoms with Gasteiger partial charge < -0.3 is 15.2 Å². The number of ether oxygens (including phenoxy) is 1. The van der Waals surface area contributed by atoms with E-state index in [1.807, 2.05) is 32.9 Å². The number of carbonyl (C=O) groups excluding carboxylic acids is 1. The van der Waals surface area contributed by atoms with Crippen LogP contribution in [-0.4, -0.2) is 29.1 Å². The molecule has 1 aromatic carbocycles. The zero-order valence-corrected chi connectivity index (χ0v) is 13.2. The molecule has 0 aliphatic heterocycles. The third-order valence-corrected chi connectivity index (χ3v) is 3.02. The van der Waals surface area contributed by atoms with Crippen LogP contribution in [-0.2, 0) is 9.59 Å². The molecule has 1 rings (SSSR count). The highest BCUT2D eigenvalue weighted by Crippen LogP contribution is 2.24. The number of hydrogen-bond acceptors (Lipinski definition) is 3. The Morgan fingerprint density at radius 2 is 1.71 bits per heavy atom. The van der Waals surface area contributed by atoms with E-state index in [4.69, 9.17) is 9.84 Å². The molecule has 1 aromatic rings. The largest absolute Gasteiger partial charge is 0.483 e. The van der Waals surface area contributed by atoms with Crippen LogP contribution in [0.2, 0.25) is 0 Å². The molecule has 0 bridgehead atoms. The minimum Gasteiger partial charge on any atom is -0.483 e. The van der Waals surface area contributed by atoms with Gasteiger partial charge in [-0.15, -0.1) is 0 Å². The Morgan fingerprint density at radius 3 is 2.19 bits per heavy atom. The van der Waals surface area contributed by atoms with E-state index >= 15 is 0 Å². The van der Waals surface area contributed by atoms with Crippen molar-refractivity contribution in [2.24, 2.45) is 0 Å². The Bertz CT molecular complexity index is 526. The van der Waals surface area contributed by atoms with Gasteiger partial charge in [-0.2, -0.15) is 0 Å². The highest BCUT2D eigenvalue weighted by molar-refractivity contribution is 5.79. The molecular weight excluding hydrogens is 270 g/mol. The van der Waals surface area contributed by atoms with Gasteiger partial charge in [-0.05, 0) is 45.7 Å². The number of hydrogen-bond donors (Lipinski definition) is 2. The Labute approximate surface area is 125 Å². The Hall–Kier alpha value is -2.04. The van der Waals surface area contributed by atoms with E-state index in [1.165, 1.54) is 0 Å². The highest BCUT2D eigenvalue weighted by Gasteiger charge is 2.24. The van der Waals surface area contributed by atoms with Crippen LogP contribution in [0.3, 0.4) is 0 Å². The van der Waals surface area contributed by atoms with E-state index in [2.05, 4.69) is 5.32 Å². The average Bonchev–Trinajstić information content (AvgIpc) is 2.24. The molecule has 0 heterocycles. The smallest absolute Gasteiger partial charge is 0.305 e. The zero-order chi connectivity index (χ0) is 16.2. The van der Waals surface area contributed by atoms with Crippen LogP contribution in [0.4, 0.5) is 0 Å². The molecule has 0 unspecified atom stereocenters. The van der Waals surface area contributed by atoms with Gasteiger partial charge >= 0.3 is 5.97 Å². The van der Waals surface area contributed by atoms with Gasteiger partial charge in [-0.3, -0.25) is 9.59 Å². The van der Waals surface area contributed by atoms with Crippen molar-refractivity contribution in [1.29, 1.82) is 0 Å². The molecule has 5 heteroatoms. The number of amides is 1. The van der Waals surface area contributed by atoms with Crippen LogP contribution in [0.5, 0.6) is 5.75 Å². The topological polar surface area (TPSA) is 75.6 Å². The molecule has 0 aliphatic rings. The summed E-state index contributed by atoms with van der Waals surface area (Å²) in [6, 6.07) is 3.99. The lowest BCUT2D eigenvalue weighted by Crippen LogP contribution is -2.46. The van der Waals surface area contributed by atoms with Gasteiger partial charge in [0.25, 0.3) is 5.91 Å². The molecule has 0 saturated carbocycles. The second-order valence-corrected chi connectivity index (χ2v) is 6.02. The molecule has 0 spiro atoms. The van der Waals surface area contributed by atoms with Gasteiger partial charge in [0.15, 0.2) is 6.61 Å². The predicted molar refractivity (Wildman–Crippen MR) is 80.6 cm³/mol. The quantitative estimate of drug-likeness (QED) is 0.844. The summed E-state index contributed by atoms with van der Waals surface area (Å²) in [5, 5.41) is 11.4. The number of carboxylic acids is 1. The average molecular weight is 293 g/mol. The van der Waals surface area contributed by atoms with E-state index in [-0.39, 0.29) is 18.9 Å². The Kier molecular flexibility index (Phi) is 5.35. The van der Waals surface area contributed by atoms with Crippen molar-refractivity contribution in [3.8, 4) is 5.75 Å². The lowest BCUT2D eigenvalue weighted by atomic mass is 10.0. The van der Waals surface area contributed by atoms with Crippen LogP contribution in [0, 0.1) is 20.8 Å². The monoisotopic (exact) mass is 293 g/mol. The van der Waals surface area contributed by atoms with Crippen molar-refractivity contribution in [3.05, 3.63) is 28.8 Å². The number of aliphatic carboxylic acids is 1. The number of benzene rings is 1. The highest BCUT2D eigenvalue weighted by atomic mass is 16.5. The van der Waals surface area contributed by atoms with E-state index < -0.39 is 11.5 Å². The molecule has 0 radical (unpaired) electrons. The van der Waals surface area contributed by atoms with Gasteiger partial charge in [-0.1, -0.05) is 17.7 Å². The summed E-state index contributed by atoms with van der Waals surface area (Å²) >= 11 is 0. The van der Waals surface area contributed by atoms with Gasteiger partial charge in [0.2, 0.25) is 0 Å². The maximum atomic E-state index is 11.9. The summed E-state index contributed by atoms with van der Waals surface area (Å²) in [5.41, 5.74) is 2.29. The fourth-order valence-electron chi connectivity index (χ4n) is 2.37. The molecule has 0 aliphatic carbocycles. The molecule has 0 saturated heterocycles. The van der Waals surface area contributed by atoms with Crippen LogP contribution >= 0.6 is 0 Å². The maximum absolute atomic E-state index is 11.9. The van der Waals surface area contributed by atoms with E-state index in [9.17, 15) is 9.59 Å². The van der Waals surface area contributed by atoms with Crippen molar-refractivity contribution >= 4 is 11.9 Å². The summed E-state index contributed by atoms with van der Waals surface area (Å²) in [5.74, 6) is -0.584. The Morgan fingerprint density at radius 1 is 1.19 bits per heavy atom. The van der Waals surface area contributed by atoms with Crippen LogP contribution in [0.1, 0.15) is 37.0 Å². The first kappa shape index (κ1) is 17.0. The lowest BCUT2D eigenvalue weighted by molar-refractivity contribution is -0.138. The molecular formula is C16H23NO4. The summed E-state index contributed by atoms with van der Waals surface area (Å²) in [6.45, 7) is 9.07. The molecule has 1 amide bonds. The second-order valence-electron chi connectivity index (χ2n) is 6.02. The van der Waals surface area contributed by atoms with Crippen LogP contribution in [0.25, 0.3) is 0 Å². The number of aryl methyl sites for hydroxylation is 3. The van der Waals surface area contributed by atoms with Gasteiger partial charge in [-0.25, -0.2) is 0 Å². The summed E-state index contributed by atoms with van der Waals surface area (Å²) in [6.07, 6.45) is -0.138. The first-order chi connectivity index (χ1) is 9.60. The van der Waals surface area contributed by atoms with Crippen molar-refractivity contribution in [3.63, 3.8) is 0 Å². The summed E-state index contributed by atoms with van der Waals surface area (Å²) in [7, 11) is 0. The standard InChI is InChI=1S/C16H23NO4/c1-10-6-11(2)15(12(3)7-10)21-9-13(18)17-16(4,5)8-14(19)20/h6-7H,8-9H2,1-5H3,(H,17,18)(H,19,20). The SMILES string of the molecule is Cc1cc(C)c(OCC(=O)NC(C)(C)CC(=O)O)c(C)c1. The number of carbonyl (C=O) groups is 2. The zero-order valence-electron chi connectivity index (χ0n) is 13.2. The summed E-state index contributed by atoms with van der Waals surface area (Å²) in [4.78, 5) is 22.6. The molecule has 116 valence electrons. The predicted octanol–water partition coefficient (Wildman–Crippen LogP) is 2.36. The third kappa shape index (κ3) is 5.45. The van der Waals surface area contributed by atoms with Crippen molar-refractivity contribution in [2.45, 2.75) is 46.6 Å². The minimum absolute atomic E-state index is 0.131. The molecule has 5 nitrogen and oxygen atoms in total. The van der Waals surface area contributed by atoms with Crippen molar-refractivity contribution in [2.75, 3.05) is 6.61 Å². The third-order valence-electron chi connectivity index (χ3n) is 3.02. The fourth-order valence-corrected chi connectivity index (χ4v) is 2.37. The van der Waals surface area contributed by atoms with E-state index in [0.29, 0.717) is 5.75 Å². The van der Waals surface area contributed by atoms with Crippen molar-refractivity contribution < 1.29 is 19.4 Å². The number of carboxylic acid groups (broad SMARTS) is 1. The molecule has 21 heavy (non-hydrogen) atoms. The fraction of sp³-hybridized carbons (Fsp3) is 0.500. The molecule has 0 atom stereocenters. The molecule has 2 N–H and O–H groups in total. The lowest BCUT2D eigenvalue weighted by Gasteiger charge is -2.24. The summed E-state index contributed by atoms with van der Waals surface area (Å²) < 4.78 is 5.58. The number of nitrogens with one attached hydrogen (secondary N) is 1. The van der Waals surface area contributed by atoms with Crippen molar-refractivity contribution in [1.82, 2.24) is 5.32 Å². The van der Waals surface area contributed by atoms with Crippen LogP contribution in [0.15, 0.2) is 12.1 Å². The maximum Gasteiger partial charge on any atom is 0.305 e. The second kappa shape index (κ2) is 6.61. The first-order valence-corrected chi connectivity index (χ1v) is 6.84. The minimum atomic E-state index is -0.952. The van der Waals surface area contributed by atoms with Gasteiger partial charge in [0.05, 0.1) is 6.42 Å².